The van der Waals surface area contributed by atoms with E-state index in [0.29, 0.717) is 37.3 Å². The van der Waals surface area contributed by atoms with E-state index in [1.165, 1.54) is 0 Å². The van der Waals surface area contributed by atoms with Crippen molar-refractivity contribution >= 4 is 9.84 Å². The molecule has 1 aliphatic rings. The monoisotopic (exact) mass is 385 g/mol. The Labute approximate surface area is 156 Å². The molecule has 0 unspecified atom stereocenters. The Morgan fingerprint density at radius 3 is 2.70 bits per heavy atom. The van der Waals surface area contributed by atoms with E-state index in [2.05, 4.69) is 14.9 Å². The molecule has 0 spiro atoms. The van der Waals surface area contributed by atoms with Gasteiger partial charge in [-0.25, -0.2) is 13.4 Å². The summed E-state index contributed by atoms with van der Waals surface area (Å²) in [5, 5.41) is -0.266. The Balaban J connectivity index is 1.53. The lowest BCUT2D eigenvalue weighted by atomic mass is 10.1. The number of aromatic amines is 1. The van der Waals surface area contributed by atoms with Gasteiger partial charge in [-0.15, -0.1) is 0 Å². The van der Waals surface area contributed by atoms with E-state index in [-0.39, 0.29) is 5.16 Å². The van der Waals surface area contributed by atoms with Gasteiger partial charge in [0.2, 0.25) is 15.0 Å². The van der Waals surface area contributed by atoms with Gasteiger partial charge in [0, 0.05) is 31.3 Å². The van der Waals surface area contributed by atoms with Gasteiger partial charge in [0.25, 0.3) is 5.56 Å². The Morgan fingerprint density at radius 2 is 1.96 bits per heavy atom. The van der Waals surface area contributed by atoms with Crippen LogP contribution in [-0.4, -0.2) is 36.1 Å². The minimum absolute atomic E-state index is 0.266. The van der Waals surface area contributed by atoms with E-state index in [4.69, 9.17) is 4.42 Å². The van der Waals surface area contributed by atoms with E-state index >= 15 is 0 Å². The third-order valence-corrected chi connectivity index (χ3v) is 5.47. The van der Waals surface area contributed by atoms with Crippen molar-refractivity contribution in [3.8, 4) is 11.3 Å². The van der Waals surface area contributed by atoms with Gasteiger partial charge in [-0.3, -0.25) is 14.7 Å². The third-order valence-electron chi connectivity index (χ3n) is 4.58. The molecular weight excluding hydrogens is 366 g/mol. The standard InChI is InChI=1S/C19H19N3O4S/c1-27(24,25)19-20-16-9-10-22(12-15(16)18(23)21-19)11-14-7-8-17(26-14)13-5-3-2-4-6-13/h2-8H,9-12H2,1H3,(H,20,21,23). The van der Waals surface area contributed by atoms with Crippen LogP contribution in [0.3, 0.4) is 0 Å². The molecule has 1 N–H and O–H groups in total. The summed E-state index contributed by atoms with van der Waals surface area (Å²) in [5.74, 6) is 1.62. The molecule has 27 heavy (non-hydrogen) atoms. The number of fused-ring (bicyclic) bond motifs is 1. The second kappa shape index (κ2) is 6.79. The van der Waals surface area contributed by atoms with Gasteiger partial charge in [0.1, 0.15) is 11.5 Å². The Kier molecular flexibility index (Phi) is 4.45. The number of sulfone groups is 1. The van der Waals surface area contributed by atoms with Gasteiger partial charge in [-0.1, -0.05) is 30.3 Å². The predicted octanol–water partition coefficient (Wildman–Crippen LogP) is 1.99. The number of rotatable bonds is 4. The van der Waals surface area contributed by atoms with Crippen LogP contribution < -0.4 is 5.56 Å². The van der Waals surface area contributed by atoms with Crippen molar-refractivity contribution in [1.82, 2.24) is 14.9 Å². The van der Waals surface area contributed by atoms with Crippen LogP contribution in [0.25, 0.3) is 11.3 Å². The highest BCUT2D eigenvalue weighted by molar-refractivity contribution is 7.90. The van der Waals surface area contributed by atoms with Crippen LogP contribution in [0.2, 0.25) is 0 Å². The van der Waals surface area contributed by atoms with E-state index in [0.717, 1.165) is 23.3 Å². The third kappa shape index (κ3) is 3.72. The lowest BCUT2D eigenvalue weighted by molar-refractivity contribution is 0.222. The van der Waals surface area contributed by atoms with Crippen LogP contribution in [-0.2, 0) is 29.3 Å². The molecule has 0 saturated carbocycles. The van der Waals surface area contributed by atoms with Gasteiger partial charge in [0.15, 0.2) is 0 Å². The number of hydrogen-bond acceptors (Lipinski definition) is 6. The molecule has 7 nitrogen and oxygen atoms in total. The fraction of sp³-hybridized carbons (Fsp3) is 0.263. The highest BCUT2D eigenvalue weighted by atomic mass is 32.2. The van der Waals surface area contributed by atoms with Crippen LogP contribution in [0, 0.1) is 0 Å². The largest absolute Gasteiger partial charge is 0.460 e. The Hall–Kier alpha value is -2.71. The summed E-state index contributed by atoms with van der Waals surface area (Å²) in [4.78, 5) is 20.9. The topological polar surface area (TPSA) is 96.3 Å². The van der Waals surface area contributed by atoms with Gasteiger partial charge < -0.3 is 4.42 Å². The number of H-pyrrole nitrogens is 1. The van der Waals surface area contributed by atoms with Crippen LogP contribution >= 0.6 is 0 Å². The summed E-state index contributed by atoms with van der Waals surface area (Å²) in [5.41, 5.74) is 1.69. The van der Waals surface area contributed by atoms with E-state index in [1.54, 1.807) is 0 Å². The Morgan fingerprint density at radius 1 is 1.19 bits per heavy atom. The molecule has 0 bridgehead atoms. The summed E-state index contributed by atoms with van der Waals surface area (Å²) in [6, 6.07) is 13.7. The molecule has 3 aromatic rings. The number of hydrogen-bond donors (Lipinski definition) is 1. The molecule has 0 radical (unpaired) electrons. The molecule has 0 atom stereocenters. The molecule has 8 heteroatoms. The maximum Gasteiger partial charge on any atom is 0.256 e. The van der Waals surface area contributed by atoms with Gasteiger partial charge in [0.05, 0.1) is 17.8 Å². The number of benzene rings is 1. The lowest BCUT2D eigenvalue weighted by Crippen LogP contribution is -2.36. The molecule has 0 fully saturated rings. The van der Waals surface area contributed by atoms with Crippen LogP contribution in [0.4, 0.5) is 0 Å². The molecule has 3 heterocycles. The molecule has 1 aromatic carbocycles. The summed E-state index contributed by atoms with van der Waals surface area (Å²) in [7, 11) is -3.54. The molecule has 140 valence electrons. The predicted molar refractivity (Wildman–Crippen MR) is 99.9 cm³/mol. The van der Waals surface area contributed by atoms with Crippen molar-refractivity contribution in [3.63, 3.8) is 0 Å². The summed E-state index contributed by atoms with van der Waals surface area (Å²) in [6.07, 6.45) is 1.56. The zero-order valence-electron chi connectivity index (χ0n) is 14.8. The van der Waals surface area contributed by atoms with Crippen molar-refractivity contribution in [2.75, 3.05) is 12.8 Å². The smallest absolute Gasteiger partial charge is 0.256 e. The van der Waals surface area contributed by atoms with Crippen LogP contribution in [0.5, 0.6) is 0 Å². The lowest BCUT2D eigenvalue weighted by Gasteiger charge is -2.26. The van der Waals surface area contributed by atoms with Crippen molar-refractivity contribution in [2.24, 2.45) is 0 Å². The van der Waals surface area contributed by atoms with Gasteiger partial charge >= 0.3 is 0 Å². The summed E-state index contributed by atoms with van der Waals surface area (Å²) < 4.78 is 29.2. The second-order valence-electron chi connectivity index (χ2n) is 6.66. The number of furan rings is 1. The quantitative estimate of drug-likeness (QED) is 0.690. The maximum atomic E-state index is 12.3. The molecule has 0 aliphatic carbocycles. The zero-order chi connectivity index (χ0) is 19.0. The van der Waals surface area contributed by atoms with Crippen LogP contribution in [0.15, 0.2) is 56.8 Å². The fourth-order valence-corrected chi connectivity index (χ4v) is 3.76. The highest BCUT2D eigenvalue weighted by Gasteiger charge is 2.24. The van der Waals surface area contributed by atoms with E-state index in [1.807, 2.05) is 42.5 Å². The average Bonchev–Trinajstić information content (AvgIpc) is 3.10. The molecule has 2 aromatic heterocycles. The number of nitrogens with one attached hydrogen (secondary N) is 1. The average molecular weight is 385 g/mol. The van der Waals surface area contributed by atoms with Crippen molar-refractivity contribution in [3.05, 3.63) is 69.8 Å². The highest BCUT2D eigenvalue weighted by Crippen LogP contribution is 2.24. The van der Waals surface area contributed by atoms with Crippen molar-refractivity contribution in [2.45, 2.75) is 24.7 Å². The number of aromatic nitrogens is 2. The van der Waals surface area contributed by atoms with E-state index < -0.39 is 15.4 Å². The Bertz CT molecular complexity index is 1130. The molecular formula is C19H19N3O4S. The van der Waals surface area contributed by atoms with Gasteiger partial charge in [-0.2, -0.15) is 0 Å². The first kappa shape index (κ1) is 17.7. The summed E-state index contributed by atoms with van der Waals surface area (Å²) >= 11 is 0. The zero-order valence-corrected chi connectivity index (χ0v) is 15.6. The minimum Gasteiger partial charge on any atom is -0.460 e. The van der Waals surface area contributed by atoms with Gasteiger partial charge in [-0.05, 0) is 12.1 Å². The first-order chi connectivity index (χ1) is 12.9. The molecule has 0 saturated heterocycles. The van der Waals surface area contributed by atoms with Crippen LogP contribution in [0.1, 0.15) is 17.0 Å². The van der Waals surface area contributed by atoms with Crippen molar-refractivity contribution in [1.29, 1.82) is 0 Å². The first-order valence-corrected chi connectivity index (χ1v) is 10.5. The maximum absolute atomic E-state index is 12.3. The fourth-order valence-electron chi connectivity index (χ4n) is 3.21. The normalized spacial score (nSPS) is 14.9. The molecule has 1 aliphatic heterocycles. The number of nitrogens with zero attached hydrogens (tertiary/aromatic N) is 2. The second-order valence-corrected chi connectivity index (χ2v) is 8.59. The molecule has 4 rings (SSSR count). The SMILES string of the molecule is CS(=O)(=O)c1nc2c(c(=O)[nH]1)CN(Cc1ccc(-c3ccccc3)o1)CC2. The van der Waals surface area contributed by atoms with Crippen molar-refractivity contribution < 1.29 is 12.8 Å². The molecule has 0 amide bonds. The summed E-state index contributed by atoms with van der Waals surface area (Å²) in [6.45, 7) is 1.65. The van der Waals surface area contributed by atoms with E-state index in [9.17, 15) is 13.2 Å². The minimum atomic E-state index is -3.54. The first-order valence-electron chi connectivity index (χ1n) is 8.59.